The minimum atomic E-state index is -4.49. The van der Waals surface area contributed by atoms with Crippen molar-refractivity contribution in [3.63, 3.8) is 0 Å². The van der Waals surface area contributed by atoms with Crippen LogP contribution >= 0.6 is 0 Å². The minimum absolute atomic E-state index is 0.0755. The molecule has 0 saturated heterocycles. The number of likely N-dealkylation sites (N-methyl/N-ethyl adjacent to an activating group) is 1. The van der Waals surface area contributed by atoms with E-state index in [4.69, 9.17) is 4.74 Å². The summed E-state index contributed by atoms with van der Waals surface area (Å²) in [5.74, 6) is -0.693. The lowest BCUT2D eigenvalue weighted by molar-refractivity contribution is -0.137. The summed E-state index contributed by atoms with van der Waals surface area (Å²) in [6.45, 7) is 3.59. The van der Waals surface area contributed by atoms with E-state index in [-0.39, 0.29) is 60.8 Å². The molecular weight excluding hydrogens is 627 g/mol. The maximum absolute atomic E-state index is 13.8. The first kappa shape index (κ1) is 34.3. The average molecular weight is 666 g/mol. The van der Waals surface area contributed by atoms with Gasteiger partial charge in [0.15, 0.2) is 0 Å². The zero-order valence-electron chi connectivity index (χ0n) is 27.0. The van der Waals surface area contributed by atoms with Gasteiger partial charge < -0.3 is 34.8 Å². The Morgan fingerprint density at radius 1 is 1.06 bits per heavy atom. The number of amides is 4. The van der Waals surface area contributed by atoms with Gasteiger partial charge in [-0.15, -0.1) is 0 Å². The number of alkyl halides is 3. The van der Waals surface area contributed by atoms with Crippen molar-refractivity contribution < 1.29 is 37.4 Å². The van der Waals surface area contributed by atoms with Crippen LogP contribution < -0.4 is 15.4 Å². The van der Waals surface area contributed by atoms with Crippen molar-refractivity contribution in [2.24, 2.45) is 13.0 Å². The largest absolute Gasteiger partial charge is 0.487 e. The molecule has 0 spiro atoms. The van der Waals surface area contributed by atoms with Gasteiger partial charge in [0.05, 0.1) is 36.7 Å². The fourth-order valence-corrected chi connectivity index (χ4v) is 5.78. The number of fused-ring (bicyclic) bond motifs is 2. The van der Waals surface area contributed by atoms with Crippen molar-refractivity contribution in [2.75, 3.05) is 37.4 Å². The van der Waals surface area contributed by atoms with Crippen LogP contribution in [-0.4, -0.2) is 76.2 Å². The Morgan fingerprint density at radius 2 is 1.75 bits per heavy atom. The van der Waals surface area contributed by atoms with Gasteiger partial charge in [-0.1, -0.05) is 25.1 Å². The Labute approximate surface area is 276 Å². The van der Waals surface area contributed by atoms with E-state index >= 15 is 0 Å². The number of urea groups is 1. The van der Waals surface area contributed by atoms with Crippen LogP contribution in [0.5, 0.6) is 5.75 Å². The van der Waals surface area contributed by atoms with Crippen molar-refractivity contribution >= 4 is 40.1 Å². The summed E-state index contributed by atoms with van der Waals surface area (Å²) < 4.78 is 47.1. The maximum atomic E-state index is 13.8. The zero-order chi connectivity index (χ0) is 34.7. The molecular formula is C35H38F3N5O5. The number of para-hydroxylation sites is 1. The topological polar surface area (TPSA) is 116 Å². The average Bonchev–Trinajstić information content (AvgIpc) is 3.36. The van der Waals surface area contributed by atoms with E-state index in [2.05, 4.69) is 10.6 Å². The fraction of sp³-hybridized carbons (Fsp3) is 0.343. The van der Waals surface area contributed by atoms with Crippen LogP contribution in [0, 0.1) is 5.92 Å². The third-order valence-electron chi connectivity index (χ3n) is 8.54. The summed E-state index contributed by atoms with van der Waals surface area (Å²) in [6, 6.07) is 15.6. The molecule has 3 N–H and O–H groups in total. The lowest BCUT2D eigenvalue weighted by Gasteiger charge is -2.38. The molecule has 2 heterocycles. The minimum Gasteiger partial charge on any atom is -0.487 e. The number of benzene rings is 3. The fourth-order valence-electron chi connectivity index (χ4n) is 5.78. The molecule has 48 heavy (non-hydrogen) atoms. The lowest BCUT2D eigenvalue weighted by Crippen LogP contribution is -2.50. The number of carbonyl (C=O) groups is 3. The van der Waals surface area contributed by atoms with Crippen LogP contribution in [0.2, 0.25) is 0 Å². The van der Waals surface area contributed by atoms with Crippen molar-refractivity contribution in [3.8, 4) is 5.75 Å². The smallest absolute Gasteiger partial charge is 0.416 e. The summed E-state index contributed by atoms with van der Waals surface area (Å²) in [4.78, 5) is 42.8. The Kier molecular flexibility index (Phi) is 9.99. The summed E-state index contributed by atoms with van der Waals surface area (Å²) >= 11 is 0. The van der Waals surface area contributed by atoms with Crippen molar-refractivity contribution in [1.29, 1.82) is 0 Å². The van der Waals surface area contributed by atoms with Crippen LogP contribution in [0.1, 0.15) is 35.3 Å². The third-order valence-corrected chi connectivity index (χ3v) is 8.54. The molecule has 3 aromatic carbocycles. The number of hydrogen-bond acceptors (Lipinski definition) is 5. The van der Waals surface area contributed by atoms with Gasteiger partial charge in [-0.05, 0) is 61.0 Å². The van der Waals surface area contributed by atoms with E-state index in [1.165, 1.54) is 24.1 Å². The van der Waals surface area contributed by atoms with Crippen LogP contribution in [0.3, 0.4) is 0 Å². The number of rotatable bonds is 8. The van der Waals surface area contributed by atoms with E-state index in [1.807, 2.05) is 49.0 Å². The zero-order valence-corrected chi connectivity index (χ0v) is 27.0. The molecule has 0 radical (unpaired) electrons. The van der Waals surface area contributed by atoms with Crippen molar-refractivity contribution in [1.82, 2.24) is 14.4 Å². The molecule has 5 rings (SSSR count). The van der Waals surface area contributed by atoms with Gasteiger partial charge in [0.25, 0.3) is 5.91 Å². The van der Waals surface area contributed by atoms with Gasteiger partial charge in [0.1, 0.15) is 11.9 Å². The molecule has 4 amide bonds. The molecule has 3 atom stereocenters. The number of carbonyl (C=O) groups excluding carboxylic acids is 3. The monoisotopic (exact) mass is 665 g/mol. The van der Waals surface area contributed by atoms with Crippen LogP contribution in [0.25, 0.3) is 10.9 Å². The van der Waals surface area contributed by atoms with Gasteiger partial charge in [-0.2, -0.15) is 13.2 Å². The van der Waals surface area contributed by atoms with E-state index in [0.717, 1.165) is 28.6 Å². The number of anilines is 2. The highest BCUT2D eigenvalue weighted by molar-refractivity contribution is 6.01. The number of aliphatic hydroxyl groups is 1. The maximum Gasteiger partial charge on any atom is 0.416 e. The summed E-state index contributed by atoms with van der Waals surface area (Å²) in [5, 5.41) is 16.4. The second-order valence-electron chi connectivity index (χ2n) is 12.2. The van der Waals surface area contributed by atoms with E-state index < -0.39 is 29.9 Å². The van der Waals surface area contributed by atoms with Crippen LogP contribution in [-0.2, 0) is 24.4 Å². The molecule has 0 unspecified atom stereocenters. The van der Waals surface area contributed by atoms with Crippen LogP contribution in [0.15, 0.2) is 72.9 Å². The summed E-state index contributed by atoms with van der Waals surface area (Å²) in [7, 11) is 3.45. The van der Waals surface area contributed by atoms with Crippen molar-refractivity contribution in [3.05, 3.63) is 89.6 Å². The molecule has 4 aromatic rings. The Bertz CT molecular complexity index is 1810. The molecule has 0 saturated carbocycles. The van der Waals surface area contributed by atoms with E-state index in [0.29, 0.717) is 5.69 Å². The first-order valence-corrected chi connectivity index (χ1v) is 15.5. The van der Waals surface area contributed by atoms with Gasteiger partial charge in [-0.3, -0.25) is 9.59 Å². The highest BCUT2D eigenvalue weighted by Crippen LogP contribution is 2.32. The molecule has 1 aliphatic heterocycles. The number of hydrogen-bond donors (Lipinski definition) is 3. The van der Waals surface area contributed by atoms with Crippen LogP contribution in [0.4, 0.5) is 29.3 Å². The Balaban J connectivity index is 1.34. The molecule has 10 nitrogen and oxygen atoms in total. The SMILES string of the molecule is C[C@H](CO)N1C[C@H](C)[C@@H](CN(C)C(=O)Nc2ccc(C(F)(F)F)cc2)Oc2ccc(NC(=O)Cc3cn(C)c4ccccc34)cc2C1=O. The Hall–Kier alpha value is -5.04. The molecule has 0 bridgehead atoms. The predicted octanol–water partition coefficient (Wildman–Crippen LogP) is 5.76. The highest BCUT2D eigenvalue weighted by Gasteiger charge is 2.34. The van der Waals surface area contributed by atoms with Crippen molar-refractivity contribution in [2.45, 2.75) is 38.6 Å². The molecule has 1 aliphatic rings. The first-order chi connectivity index (χ1) is 22.7. The highest BCUT2D eigenvalue weighted by atomic mass is 19.4. The first-order valence-electron chi connectivity index (χ1n) is 15.5. The number of nitrogens with zero attached hydrogens (tertiary/aromatic N) is 3. The lowest BCUT2D eigenvalue weighted by atomic mass is 9.99. The predicted molar refractivity (Wildman–Crippen MR) is 176 cm³/mol. The van der Waals surface area contributed by atoms with Gasteiger partial charge in [0.2, 0.25) is 5.91 Å². The number of ether oxygens (including phenoxy) is 1. The Morgan fingerprint density at radius 3 is 2.44 bits per heavy atom. The molecule has 13 heteroatoms. The molecule has 254 valence electrons. The van der Waals surface area contributed by atoms with E-state index in [1.54, 1.807) is 30.0 Å². The van der Waals surface area contributed by atoms with Gasteiger partial charge in [0, 0.05) is 55.0 Å². The molecule has 1 aromatic heterocycles. The second kappa shape index (κ2) is 14.0. The number of nitrogens with one attached hydrogen (secondary N) is 2. The van der Waals surface area contributed by atoms with Gasteiger partial charge >= 0.3 is 12.2 Å². The third kappa shape index (κ3) is 7.57. The normalized spacial score (nSPS) is 17.2. The standard InChI is InChI=1S/C35H38F3N5O5/c1-21-17-43(22(2)20-44)33(46)28-16-26(39-32(45)15-23-18-41(3)29-8-6-5-7-27(23)29)13-14-30(28)48-31(21)19-42(4)34(47)40-25-11-9-24(10-12-25)35(36,37)38/h5-14,16,18,21-22,31,44H,15,17,19-20H2,1-4H3,(H,39,45)(H,40,47)/t21-,22+,31+/m0/s1. The quantitative estimate of drug-likeness (QED) is 0.221. The van der Waals surface area contributed by atoms with E-state index in [9.17, 15) is 32.7 Å². The number of aromatic nitrogens is 1. The summed E-state index contributed by atoms with van der Waals surface area (Å²) in [6.07, 6.45) is -3.07. The molecule has 0 fully saturated rings. The number of aliphatic hydroxyl groups excluding tert-OH is 1. The number of halogens is 3. The van der Waals surface area contributed by atoms with Gasteiger partial charge in [-0.25, -0.2) is 4.79 Å². The second-order valence-corrected chi connectivity index (χ2v) is 12.2. The number of aryl methyl sites for hydroxylation is 1. The molecule has 0 aliphatic carbocycles. The summed E-state index contributed by atoms with van der Waals surface area (Å²) in [5.41, 5.74) is 1.82.